The van der Waals surface area contributed by atoms with E-state index in [1.165, 1.54) is 21.3 Å². The van der Waals surface area contributed by atoms with Gasteiger partial charge in [0, 0.05) is 48.4 Å². The van der Waals surface area contributed by atoms with Crippen LogP contribution in [0.4, 0.5) is 0 Å². The molecule has 9 heteroatoms. The van der Waals surface area contributed by atoms with E-state index in [1.54, 1.807) is 11.9 Å². The van der Waals surface area contributed by atoms with Crippen LogP contribution in [0.2, 0.25) is 0 Å². The lowest BCUT2D eigenvalue weighted by Gasteiger charge is -2.08. The van der Waals surface area contributed by atoms with Gasteiger partial charge in [-0.1, -0.05) is 0 Å². The average Bonchev–Trinajstić information content (AvgIpc) is 2.83. The van der Waals surface area contributed by atoms with Crippen LogP contribution in [0.15, 0.2) is 0 Å². The minimum absolute atomic E-state index is 0.292. The largest absolute Gasteiger partial charge is 0.473 e. The molecule has 0 saturated carbocycles. The van der Waals surface area contributed by atoms with Crippen molar-refractivity contribution in [3.63, 3.8) is 0 Å². The van der Waals surface area contributed by atoms with Gasteiger partial charge in [0.1, 0.15) is 0 Å². The first-order valence-electron chi connectivity index (χ1n) is 5.52. The van der Waals surface area contributed by atoms with Crippen LogP contribution >= 0.6 is 7.82 Å². The number of carbonyl (C=O) groups is 2. The van der Waals surface area contributed by atoms with Crippen LogP contribution in [0.5, 0.6) is 0 Å². The maximum atomic E-state index is 10.7. The van der Waals surface area contributed by atoms with Crippen LogP contribution in [0.3, 0.4) is 0 Å². The van der Waals surface area contributed by atoms with Crippen molar-refractivity contribution in [1.82, 2.24) is 10.2 Å². The Hall–Kier alpha value is -0.950. The number of amides is 2. The summed E-state index contributed by atoms with van der Waals surface area (Å²) in [5.74, 6) is 0.292. The van der Waals surface area contributed by atoms with Gasteiger partial charge in [0.05, 0.1) is 0 Å². The Morgan fingerprint density at radius 1 is 1.26 bits per heavy atom. The van der Waals surface area contributed by atoms with Crippen LogP contribution in [-0.2, 0) is 27.7 Å². The summed E-state index contributed by atoms with van der Waals surface area (Å²) in [6, 6.07) is 0. The van der Waals surface area contributed by atoms with Crippen LogP contribution in [0, 0.1) is 0 Å². The van der Waals surface area contributed by atoms with Crippen molar-refractivity contribution in [2.45, 2.75) is 12.8 Å². The number of nitrogens with one attached hydrogen (secondary N) is 1. The molecule has 0 radical (unpaired) electrons. The summed E-state index contributed by atoms with van der Waals surface area (Å²) in [5.41, 5.74) is 0. The third-order valence-corrected chi connectivity index (χ3v) is 3.44. The van der Waals surface area contributed by atoms with E-state index in [1.807, 2.05) is 7.05 Å². The number of hydrogen-bond donors (Lipinski definition) is 1. The molecule has 0 bridgehead atoms. The minimum Gasteiger partial charge on any atom is -0.362 e. The number of phosphoric ester groups is 1. The number of rotatable bonds is 4. The van der Waals surface area contributed by atoms with E-state index in [-0.39, 0.29) is 0 Å². The molecule has 1 aliphatic rings. The molecular weight excluding hydrogens is 275 g/mol. The Bertz CT molecular complexity index is 281. The van der Waals surface area contributed by atoms with Crippen LogP contribution in [0.1, 0.15) is 12.8 Å². The quantitative estimate of drug-likeness (QED) is 0.604. The van der Waals surface area contributed by atoms with Gasteiger partial charge in [-0.15, -0.1) is 0 Å². The molecule has 1 heterocycles. The summed E-state index contributed by atoms with van der Waals surface area (Å²) in [7, 11) is 4.02. The summed E-state index contributed by atoms with van der Waals surface area (Å²) in [5, 5.41) is 2.25. The van der Waals surface area contributed by atoms with Crippen LogP contribution in [0.25, 0.3) is 0 Å². The van der Waals surface area contributed by atoms with Crippen LogP contribution < -0.4 is 5.32 Å². The molecule has 0 atom stereocenters. The SMILES string of the molecule is CN1CCCC1=O.CNC=O.COP(=O)(OC)OC. The zero-order chi connectivity index (χ0) is 15.3. The Labute approximate surface area is 114 Å². The third kappa shape index (κ3) is 10.6. The molecule has 114 valence electrons. The molecule has 0 aromatic rings. The predicted octanol–water partition coefficient (Wildman–Crippen LogP) is 0.635. The van der Waals surface area contributed by atoms with Gasteiger partial charge in [-0.05, 0) is 6.42 Å². The van der Waals surface area contributed by atoms with Gasteiger partial charge in [0.2, 0.25) is 12.3 Å². The first kappa shape index (κ1) is 20.4. The monoisotopic (exact) mass is 298 g/mol. The summed E-state index contributed by atoms with van der Waals surface area (Å²) >= 11 is 0. The smallest absolute Gasteiger partial charge is 0.362 e. The lowest BCUT2D eigenvalue weighted by Crippen LogP contribution is -2.17. The summed E-state index contributed by atoms with van der Waals surface area (Å²) in [6.07, 6.45) is 2.44. The fraction of sp³-hybridized carbons (Fsp3) is 0.800. The van der Waals surface area contributed by atoms with Crippen molar-refractivity contribution in [2.24, 2.45) is 0 Å². The number of phosphoric acid groups is 1. The standard InChI is InChI=1S/C5H9NO.C3H9O4P.C2H5NO/c1-6-4-2-3-5(6)7;1-5-8(4,6-2)7-3;1-3-2-4/h2-4H2,1H3;1-3H3;2H,1H3,(H,3,4). The second-order valence-electron chi connectivity index (χ2n) is 3.32. The lowest BCUT2D eigenvalue weighted by molar-refractivity contribution is -0.126. The topological polar surface area (TPSA) is 94.2 Å². The molecule has 1 fully saturated rings. The van der Waals surface area contributed by atoms with Gasteiger partial charge in [-0.25, -0.2) is 4.57 Å². The first-order valence-corrected chi connectivity index (χ1v) is 6.98. The van der Waals surface area contributed by atoms with E-state index in [0.717, 1.165) is 19.4 Å². The molecule has 19 heavy (non-hydrogen) atoms. The zero-order valence-corrected chi connectivity index (χ0v) is 12.9. The molecule has 1 aliphatic heterocycles. The van der Waals surface area contributed by atoms with Gasteiger partial charge in [0.25, 0.3) is 0 Å². The van der Waals surface area contributed by atoms with E-state index in [2.05, 4.69) is 18.9 Å². The van der Waals surface area contributed by atoms with Crippen molar-refractivity contribution in [3.8, 4) is 0 Å². The molecule has 1 N–H and O–H groups in total. The second kappa shape index (κ2) is 12.1. The summed E-state index contributed by atoms with van der Waals surface area (Å²) < 4.78 is 23.7. The van der Waals surface area contributed by atoms with E-state index in [9.17, 15) is 9.36 Å². The molecule has 2 amide bonds. The fourth-order valence-electron chi connectivity index (χ4n) is 1.01. The van der Waals surface area contributed by atoms with Gasteiger partial charge in [-0.2, -0.15) is 0 Å². The lowest BCUT2D eigenvalue weighted by atomic mass is 10.4. The highest BCUT2D eigenvalue weighted by molar-refractivity contribution is 7.48. The Kier molecular flexibility index (Phi) is 13.0. The molecule has 0 aromatic carbocycles. The highest BCUT2D eigenvalue weighted by atomic mass is 31.2. The van der Waals surface area contributed by atoms with Crippen molar-refractivity contribution >= 4 is 20.1 Å². The second-order valence-corrected chi connectivity index (χ2v) is 5.31. The number of carbonyl (C=O) groups excluding carboxylic acids is 2. The first-order chi connectivity index (χ1) is 8.90. The maximum absolute atomic E-state index is 10.7. The van der Waals surface area contributed by atoms with Gasteiger partial charge >= 0.3 is 7.82 Å². The highest BCUT2D eigenvalue weighted by Gasteiger charge is 2.18. The zero-order valence-electron chi connectivity index (χ0n) is 12.0. The number of hydrogen-bond acceptors (Lipinski definition) is 6. The highest BCUT2D eigenvalue weighted by Crippen LogP contribution is 2.46. The van der Waals surface area contributed by atoms with Gasteiger partial charge < -0.3 is 10.2 Å². The van der Waals surface area contributed by atoms with Gasteiger partial charge in [0.15, 0.2) is 0 Å². The molecular formula is C10H23N2O6P. The molecule has 0 spiro atoms. The van der Waals surface area contributed by atoms with E-state index in [0.29, 0.717) is 12.3 Å². The van der Waals surface area contributed by atoms with Crippen LogP contribution in [-0.4, -0.2) is 59.2 Å². The molecule has 0 unspecified atom stereocenters. The Morgan fingerprint density at radius 3 is 1.74 bits per heavy atom. The molecule has 1 rings (SSSR count). The van der Waals surface area contributed by atoms with Gasteiger partial charge in [-0.3, -0.25) is 23.2 Å². The van der Waals surface area contributed by atoms with E-state index in [4.69, 9.17) is 4.79 Å². The maximum Gasteiger partial charge on any atom is 0.473 e. The number of nitrogens with zero attached hydrogens (tertiary/aromatic N) is 1. The Morgan fingerprint density at radius 2 is 1.68 bits per heavy atom. The van der Waals surface area contributed by atoms with Crippen molar-refractivity contribution in [3.05, 3.63) is 0 Å². The third-order valence-electron chi connectivity index (χ3n) is 2.10. The molecule has 1 saturated heterocycles. The Balaban J connectivity index is 0. The minimum atomic E-state index is -3.16. The van der Waals surface area contributed by atoms with E-state index < -0.39 is 7.82 Å². The fourth-order valence-corrected chi connectivity index (χ4v) is 1.45. The summed E-state index contributed by atoms with van der Waals surface area (Å²) in [4.78, 5) is 21.3. The van der Waals surface area contributed by atoms with Crippen molar-refractivity contribution < 1.29 is 27.7 Å². The van der Waals surface area contributed by atoms with Crippen molar-refractivity contribution in [1.29, 1.82) is 0 Å². The normalized spacial score (nSPS) is 13.9. The van der Waals surface area contributed by atoms with Crippen molar-refractivity contribution in [2.75, 3.05) is 42.0 Å². The molecule has 0 aromatic heterocycles. The van der Waals surface area contributed by atoms with E-state index >= 15 is 0 Å². The summed E-state index contributed by atoms with van der Waals surface area (Å²) in [6.45, 7) is 0.957. The number of likely N-dealkylation sites (tertiary alicyclic amines) is 1. The average molecular weight is 298 g/mol. The molecule has 8 nitrogen and oxygen atoms in total. The predicted molar refractivity (Wildman–Crippen MR) is 70.6 cm³/mol. The molecule has 0 aliphatic carbocycles.